The lowest BCUT2D eigenvalue weighted by atomic mass is 9.97. The van der Waals surface area contributed by atoms with Gasteiger partial charge in [-0.1, -0.05) is 17.7 Å². The number of ether oxygens (including phenoxy) is 1. The quantitative estimate of drug-likeness (QED) is 0.422. The summed E-state index contributed by atoms with van der Waals surface area (Å²) < 4.78 is 37.3. The predicted molar refractivity (Wildman–Crippen MR) is 73.3 cm³/mol. The number of hydrogen-bond donors (Lipinski definition) is 5. The molecule has 0 bridgehead atoms. The SMILES string of the molecule is [2H]c1cc(C)ccc1S(=O)(=O)C(O)C1(O)OC[C@@H](O)[C@@H](O)[C@@H]1O. The Morgan fingerprint density at radius 1 is 1.36 bits per heavy atom. The molecule has 2 unspecified atom stereocenters. The minimum Gasteiger partial charge on any atom is -0.388 e. The van der Waals surface area contributed by atoms with E-state index in [1.165, 1.54) is 12.1 Å². The highest BCUT2D eigenvalue weighted by Gasteiger charge is 2.57. The zero-order valence-corrected chi connectivity index (χ0v) is 12.4. The maximum atomic E-state index is 12.4. The molecule has 1 aromatic rings. The first kappa shape index (κ1) is 15.8. The Bertz CT molecular complexity index is 693. The van der Waals surface area contributed by atoms with Crippen LogP contribution in [0.3, 0.4) is 0 Å². The molecule has 0 spiro atoms. The van der Waals surface area contributed by atoms with Gasteiger partial charge in [0.05, 0.1) is 12.9 Å². The van der Waals surface area contributed by atoms with Crippen LogP contribution in [-0.4, -0.2) is 70.1 Å². The van der Waals surface area contributed by atoms with E-state index in [4.69, 9.17) is 6.11 Å². The fourth-order valence-electron chi connectivity index (χ4n) is 2.08. The molecule has 22 heavy (non-hydrogen) atoms. The van der Waals surface area contributed by atoms with Gasteiger partial charge in [-0.25, -0.2) is 8.42 Å². The van der Waals surface area contributed by atoms with Crippen molar-refractivity contribution in [3.8, 4) is 0 Å². The Balaban J connectivity index is 2.43. The van der Waals surface area contributed by atoms with Gasteiger partial charge in [0.2, 0.25) is 21.1 Å². The van der Waals surface area contributed by atoms with Crippen molar-refractivity contribution in [3.63, 3.8) is 0 Å². The van der Waals surface area contributed by atoms with Crippen molar-refractivity contribution in [2.24, 2.45) is 0 Å². The number of benzene rings is 1. The summed E-state index contributed by atoms with van der Waals surface area (Å²) in [6.07, 6.45) is -5.73. The lowest BCUT2D eigenvalue weighted by molar-refractivity contribution is -0.338. The number of aliphatic hydroxyl groups is 5. The fraction of sp³-hybridized carbons (Fsp3) is 0.538. The van der Waals surface area contributed by atoms with Gasteiger partial charge in [0, 0.05) is 0 Å². The molecule has 8 nitrogen and oxygen atoms in total. The first-order chi connectivity index (χ1) is 10.5. The molecule has 1 aromatic carbocycles. The first-order valence-electron chi connectivity index (χ1n) is 6.91. The van der Waals surface area contributed by atoms with Crippen LogP contribution in [0.15, 0.2) is 29.1 Å². The Hall–Kier alpha value is -1.07. The summed E-state index contributed by atoms with van der Waals surface area (Å²) in [5.41, 5.74) is -2.05. The summed E-state index contributed by atoms with van der Waals surface area (Å²) >= 11 is 0. The lowest BCUT2D eigenvalue weighted by Gasteiger charge is -2.43. The second-order valence-corrected chi connectivity index (χ2v) is 7.17. The van der Waals surface area contributed by atoms with E-state index in [0.29, 0.717) is 5.56 Å². The number of aryl methyl sites for hydroxylation is 1. The summed E-state index contributed by atoms with van der Waals surface area (Å²) in [6.45, 7) is 0.951. The summed E-state index contributed by atoms with van der Waals surface area (Å²) in [4.78, 5) is -0.569. The van der Waals surface area contributed by atoms with Crippen LogP contribution in [0.2, 0.25) is 0 Å². The largest absolute Gasteiger partial charge is 0.388 e. The highest BCUT2D eigenvalue weighted by atomic mass is 32.2. The average molecular weight is 335 g/mol. The van der Waals surface area contributed by atoms with Crippen LogP contribution in [0, 0.1) is 6.92 Å². The van der Waals surface area contributed by atoms with Crippen molar-refractivity contribution in [2.45, 2.75) is 41.4 Å². The van der Waals surface area contributed by atoms with Crippen LogP contribution < -0.4 is 0 Å². The van der Waals surface area contributed by atoms with Gasteiger partial charge in [-0.15, -0.1) is 0 Å². The third-order valence-electron chi connectivity index (χ3n) is 3.52. The Labute approximate surface area is 128 Å². The minimum absolute atomic E-state index is 0.404. The molecule has 5 N–H and O–H groups in total. The molecule has 0 saturated carbocycles. The summed E-state index contributed by atoms with van der Waals surface area (Å²) in [7, 11) is -4.68. The fourth-order valence-corrected chi connectivity index (χ4v) is 3.46. The van der Waals surface area contributed by atoms with E-state index >= 15 is 0 Å². The molecule has 1 fully saturated rings. The Morgan fingerprint density at radius 3 is 2.59 bits per heavy atom. The minimum atomic E-state index is -4.68. The van der Waals surface area contributed by atoms with Crippen LogP contribution in [0.25, 0.3) is 0 Å². The maximum Gasteiger partial charge on any atom is 0.237 e. The molecule has 124 valence electrons. The van der Waals surface area contributed by atoms with Crippen molar-refractivity contribution in [3.05, 3.63) is 29.8 Å². The number of sulfone groups is 1. The number of hydrogen-bond acceptors (Lipinski definition) is 8. The average Bonchev–Trinajstić information content (AvgIpc) is 2.48. The van der Waals surface area contributed by atoms with Crippen molar-refractivity contribution in [2.75, 3.05) is 6.61 Å². The Kier molecular flexibility index (Phi) is 4.21. The Morgan fingerprint density at radius 2 is 2.00 bits per heavy atom. The van der Waals surface area contributed by atoms with Crippen LogP contribution in [0.1, 0.15) is 6.93 Å². The zero-order valence-electron chi connectivity index (χ0n) is 12.6. The van der Waals surface area contributed by atoms with Gasteiger partial charge in [-0.2, -0.15) is 0 Å². The number of aliphatic hydroxyl groups excluding tert-OH is 4. The van der Waals surface area contributed by atoms with Gasteiger partial charge < -0.3 is 30.3 Å². The molecule has 0 amide bonds. The van der Waals surface area contributed by atoms with E-state index < -0.39 is 56.9 Å². The molecule has 0 radical (unpaired) electrons. The second kappa shape index (κ2) is 5.85. The smallest absolute Gasteiger partial charge is 0.237 e. The normalized spacial score (nSPS) is 35.0. The number of rotatable bonds is 3. The van der Waals surface area contributed by atoms with E-state index in [0.717, 1.165) is 6.07 Å². The molecule has 1 aliphatic rings. The van der Waals surface area contributed by atoms with E-state index in [1.54, 1.807) is 6.92 Å². The summed E-state index contributed by atoms with van der Waals surface area (Å²) in [6, 6.07) is 3.33. The molecule has 9 heteroatoms. The van der Waals surface area contributed by atoms with E-state index in [1.807, 2.05) is 0 Å². The van der Waals surface area contributed by atoms with Gasteiger partial charge in [-0.05, 0) is 19.0 Å². The molecule has 0 aliphatic carbocycles. The van der Waals surface area contributed by atoms with Crippen LogP contribution in [0.5, 0.6) is 0 Å². The van der Waals surface area contributed by atoms with Gasteiger partial charge in [-0.3, -0.25) is 0 Å². The van der Waals surface area contributed by atoms with E-state index in [-0.39, 0.29) is 0 Å². The van der Waals surface area contributed by atoms with E-state index in [9.17, 15) is 34.0 Å². The van der Waals surface area contributed by atoms with Crippen LogP contribution in [0.4, 0.5) is 0 Å². The molecule has 1 saturated heterocycles. The molecule has 2 rings (SSSR count). The topological polar surface area (TPSA) is 145 Å². The van der Waals surface area contributed by atoms with Crippen molar-refractivity contribution < 1.29 is 40.1 Å². The van der Waals surface area contributed by atoms with Crippen LogP contribution >= 0.6 is 0 Å². The third-order valence-corrected chi connectivity index (χ3v) is 5.31. The summed E-state index contributed by atoms with van der Waals surface area (Å²) in [5.74, 6) is -3.05. The molecule has 1 heterocycles. The van der Waals surface area contributed by atoms with Crippen molar-refractivity contribution in [1.82, 2.24) is 0 Å². The molecular weight excluding hydrogens is 316 g/mol. The third kappa shape index (κ3) is 2.76. The van der Waals surface area contributed by atoms with Crippen LogP contribution in [-0.2, 0) is 14.6 Å². The highest BCUT2D eigenvalue weighted by Crippen LogP contribution is 2.32. The van der Waals surface area contributed by atoms with Crippen molar-refractivity contribution in [1.29, 1.82) is 0 Å². The predicted octanol–water partition coefficient (Wildman–Crippen LogP) is -2.11. The summed E-state index contributed by atoms with van der Waals surface area (Å²) in [5, 5.41) is 49.0. The van der Waals surface area contributed by atoms with Gasteiger partial charge in [0.1, 0.15) is 18.3 Å². The van der Waals surface area contributed by atoms with Crippen molar-refractivity contribution >= 4 is 9.84 Å². The van der Waals surface area contributed by atoms with Gasteiger partial charge in [0.15, 0.2) is 0 Å². The van der Waals surface area contributed by atoms with Gasteiger partial charge in [0.25, 0.3) is 0 Å². The van der Waals surface area contributed by atoms with E-state index in [2.05, 4.69) is 0 Å². The molecule has 5 atom stereocenters. The monoisotopic (exact) mass is 335 g/mol. The molecule has 1 aliphatic heterocycles. The molecular formula is C13H18O8S. The standard InChI is InChI=1S/C13H18O8S/c1-7-2-4-8(5-3-7)22(19,20)12(17)13(18)11(16)10(15)9(14)6-21-13/h2-5,9-12,14-18H,6H2,1H3/t9-,10-,11+,12?,13?/m1/s1/i4D. The molecule has 0 aromatic heterocycles. The lowest BCUT2D eigenvalue weighted by Crippen LogP contribution is -2.67. The second-order valence-electron chi connectivity index (χ2n) is 5.19. The highest BCUT2D eigenvalue weighted by molar-refractivity contribution is 7.92. The first-order valence-corrected chi connectivity index (χ1v) is 7.96. The maximum absolute atomic E-state index is 12.4. The van der Waals surface area contributed by atoms with Gasteiger partial charge >= 0.3 is 0 Å². The zero-order chi connectivity index (χ0) is 17.6.